The van der Waals surface area contributed by atoms with Gasteiger partial charge in [-0.15, -0.1) is 0 Å². The van der Waals surface area contributed by atoms with Gasteiger partial charge in [-0.25, -0.2) is 0 Å². The Balaban J connectivity index is 1.40. The summed E-state index contributed by atoms with van der Waals surface area (Å²) in [5.41, 5.74) is 8.35. The highest BCUT2D eigenvalue weighted by Gasteiger charge is 2.18. The van der Waals surface area contributed by atoms with Crippen LogP contribution in [0.3, 0.4) is 0 Å². The maximum atomic E-state index is 13.1. The number of hydrogen-bond donors (Lipinski definition) is 2. The van der Waals surface area contributed by atoms with Crippen LogP contribution in [-0.2, 0) is 6.54 Å². The van der Waals surface area contributed by atoms with Crippen LogP contribution < -0.4 is 15.8 Å². The fraction of sp³-hybridized carbons (Fsp3) is 0.0357. The van der Waals surface area contributed by atoms with Crippen molar-refractivity contribution in [2.24, 2.45) is 5.73 Å². The number of rotatable bonds is 7. The number of para-hydroxylation sites is 2. The molecule has 3 N–H and O–H groups in total. The van der Waals surface area contributed by atoms with E-state index in [2.05, 4.69) is 10.4 Å². The predicted octanol–water partition coefficient (Wildman–Crippen LogP) is 5.23. The predicted molar refractivity (Wildman–Crippen MR) is 135 cm³/mol. The zero-order valence-electron chi connectivity index (χ0n) is 18.7. The Morgan fingerprint density at radius 2 is 1.54 bits per heavy atom. The van der Waals surface area contributed by atoms with E-state index < -0.39 is 5.91 Å². The first kappa shape index (κ1) is 21.9. The number of fused-ring (bicyclic) bond motifs is 1. The molecule has 0 saturated carbocycles. The highest BCUT2D eigenvalue weighted by atomic mass is 16.5. The van der Waals surface area contributed by atoms with Gasteiger partial charge in [0, 0.05) is 16.6 Å². The number of ether oxygens (including phenoxy) is 1. The van der Waals surface area contributed by atoms with Gasteiger partial charge in [-0.1, -0.05) is 48.5 Å². The van der Waals surface area contributed by atoms with E-state index in [1.807, 2.05) is 83.5 Å². The molecule has 7 nitrogen and oxygen atoms in total. The number of benzene rings is 4. The summed E-state index contributed by atoms with van der Waals surface area (Å²) >= 11 is 0. The minimum absolute atomic E-state index is 0.316. The molecule has 2 amide bonds. The quantitative estimate of drug-likeness (QED) is 0.346. The maximum Gasteiger partial charge on any atom is 0.276 e. The van der Waals surface area contributed by atoms with Crippen LogP contribution in [0.1, 0.15) is 26.4 Å². The van der Waals surface area contributed by atoms with Crippen LogP contribution in [0.15, 0.2) is 103 Å². The third-order valence-electron chi connectivity index (χ3n) is 5.51. The Bertz CT molecular complexity index is 1510. The molecule has 0 aliphatic carbocycles. The fourth-order valence-corrected chi connectivity index (χ4v) is 3.83. The van der Waals surface area contributed by atoms with Crippen molar-refractivity contribution in [1.82, 2.24) is 9.78 Å². The second-order valence-corrected chi connectivity index (χ2v) is 7.98. The molecular weight excluding hydrogens is 440 g/mol. The second kappa shape index (κ2) is 9.52. The third-order valence-corrected chi connectivity index (χ3v) is 5.51. The molecule has 0 aliphatic rings. The van der Waals surface area contributed by atoms with Gasteiger partial charge in [0.25, 0.3) is 5.91 Å². The molecule has 4 aromatic carbocycles. The van der Waals surface area contributed by atoms with Gasteiger partial charge in [0.15, 0.2) is 5.69 Å². The van der Waals surface area contributed by atoms with Gasteiger partial charge in [0.05, 0.1) is 12.1 Å². The summed E-state index contributed by atoms with van der Waals surface area (Å²) in [6.45, 7) is 0.465. The largest absolute Gasteiger partial charge is 0.457 e. The number of primary amides is 1. The molecule has 0 bridgehead atoms. The molecule has 0 unspecified atom stereocenters. The summed E-state index contributed by atoms with van der Waals surface area (Å²) < 4.78 is 7.76. The van der Waals surface area contributed by atoms with E-state index in [4.69, 9.17) is 10.5 Å². The van der Waals surface area contributed by atoms with Gasteiger partial charge in [-0.05, 0) is 60.2 Å². The van der Waals surface area contributed by atoms with E-state index in [9.17, 15) is 9.59 Å². The summed E-state index contributed by atoms with van der Waals surface area (Å²) in [5.74, 6) is 0.623. The number of amides is 2. The molecule has 35 heavy (non-hydrogen) atoms. The van der Waals surface area contributed by atoms with Crippen LogP contribution in [0.2, 0.25) is 0 Å². The Hall–Kier alpha value is -4.91. The zero-order valence-corrected chi connectivity index (χ0v) is 18.7. The van der Waals surface area contributed by atoms with E-state index in [1.54, 1.807) is 24.3 Å². The molecule has 0 atom stereocenters. The lowest BCUT2D eigenvalue weighted by Gasteiger charge is -2.08. The monoisotopic (exact) mass is 462 g/mol. The number of aromatic nitrogens is 2. The Labute approximate surface area is 201 Å². The van der Waals surface area contributed by atoms with Crippen LogP contribution in [0, 0.1) is 0 Å². The second-order valence-electron chi connectivity index (χ2n) is 7.98. The van der Waals surface area contributed by atoms with Crippen molar-refractivity contribution < 1.29 is 14.3 Å². The van der Waals surface area contributed by atoms with Crippen molar-refractivity contribution in [2.45, 2.75) is 6.54 Å². The minimum Gasteiger partial charge on any atom is -0.457 e. The Morgan fingerprint density at radius 3 is 2.31 bits per heavy atom. The molecule has 0 fully saturated rings. The summed E-state index contributed by atoms with van der Waals surface area (Å²) in [6, 6.07) is 31.4. The summed E-state index contributed by atoms with van der Waals surface area (Å²) in [5, 5.41) is 8.22. The molecule has 172 valence electrons. The number of nitrogens with one attached hydrogen (secondary N) is 1. The zero-order chi connectivity index (χ0) is 24.2. The molecule has 0 saturated heterocycles. The van der Waals surface area contributed by atoms with E-state index in [0.29, 0.717) is 23.5 Å². The normalized spacial score (nSPS) is 10.7. The highest BCUT2D eigenvalue weighted by molar-refractivity contribution is 6.11. The van der Waals surface area contributed by atoms with E-state index in [1.165, 1.54) is 0 Å². The molecule has 5 rings (SSSR count). The minimum atomic E-state index is -0.522. The molecule has 0 spiro atoms. The molecule has 5 aromatic rings. The van der Waals surface area contributed by atoms with E-state index in [-0.39, 0.29) is 5.91 Å². The Morgan fingerprint density at radius 1 is 0.829 bits per heavy atom. The van der Waals surface area contributed by atoms with Gasteiger partial charge < -0.3 is 15.8 Å². The van der Waals surface area contributed by atoms with E-state index >= 15 is 0 Å². The Kier molecular flexibility index (Phi) is 5.96. The number of anilines is 1. The van der Waals surface area contributed by atoms with Gasteiger partial charge in [0.2, 0.25) is 5.91 Å². The molecule has 0 radical (unpaired) electrons. The van der Waals surface area contributed by atoms with Crippen molar-refractivity contribution in [2.75, 3.05) is 5.32 Å². The highest BCUT2D eigenvalue weighted by Crippen LogP contribution is 2.24. The van der Waals surface area contributed by atoms with Crippen molar-refractivity contribution in [1.29, 1.82) is 0 Å². The summed E-state index contributed by atoms with van der Waals surface area (Å²) in [6.07, 6.45) is 0. The summed E-state index contributed by atoms with van der Waals surface area (Å²) in [7, 11) is 0. The number of nitrogens with zero attached hydrogens (tertiary/aromatic N) is 2. The van der Waals surface area contributed by atoms with Gasteiger partial charge >= 0.3 is 0 Å². The van der Waals surface area contributed by atoms with Crippen LogP contribution in [0.25, 0.3) is 10.9 Å². The number of hydrogen-bond acceptors (Lipinski definition) is 4. The number of carbonyl (C=O) groups excluding carboxylic acids is 2. The molecule has 0 aliphatic heterocycles. The average molecular weight is 463 g/mol. The lowest BCUT2D eigenvalue weighted by atomic mass is 10.1. The topological polar surface area (TPSA) is 99.2 Å². The average Bonchev–Trinajstić information content (AvgIpc) is 3.24. The lowest BCUT2D eigenvalue weighted by Crippen LogP contribution is -2.14. The van der Waals surface area contributed by atoms with Crippen LogP contribution in [0.5, 0.6) is 11.5 Å². The maximum absolute atomic E-state index is 13.1. The SMILES string of the molecule is NC(=O)c1ccc(NC(=O)c2nn(Cc3cccc(Oc4ccccc4)c3)c3ccccc23)cc1. The fourth-order valence-electron chi connectivity index (χ4n) is 3.83. The lowest BCUT2D eigenvalue weighted by molar-refractivity contribution is 0.0998. The summed E-state index contributed by atoms with van der Waals surface area (Å²) in [4.78, 5) is 24.4. The van der Waals surface area contributed by atoms with Gasteiger partial charge in [-0.3, -0.25) is 14.3 Å². The number of carbonyl (C=O) groups is 2. The van der Waals surface area contributed by atoms with Crippen LogP contribution in [0.4, 0.5) is 5.69 Å². The third kappa shape index (κ3) is 4.89. The first-order valence-electron chi connectivity index (χ1n) is 11.1. The van der Waals surface area contributed by atoms with Crippen LogP contribution in [-0.4, -0.2) is 21.6 Å². The van der Waals surface area contributed by atoms with E-state index in [0.717, 1.165) is 28.0 Å². The molecule has 7 heteroatoms. The van der Waals surface area contributed by atoms with Crippen molar-refractivity contribution >= 4 is 28.4 Å². The smallest absolute Gasteiger partial charge is 0.276 e. The van der Waals surface area contributed by atoms with Crippen molar-refractivity contribution in [3.63, 3.8) is 0 Å². The van der Waals surface area contributed by atoms with Crippen molar-refractivity contribution in [3.8, 4) is 11.5 Å². The van der Waals surface area contributed by atoms with Gasteiger partial charge in [0.1, 0.15) is 11.5 Å². The first-order chi connectivity index (χ1) is 17.1. The first-order valence-corrected chi connectivity index (χ1v) is 11.1. The molecule has 1 heterocycles. The number of nitrogens with two attached hydrogens (primary N) is 1. The molecule has 1 aromatic heterocycles. The molecular formula is C28H22N4O3. The van der Waals surface area contributed by atoms with Gasteiger partial charge in [-0.2, -0.15) is 5.10 Å². The van der Waals surface area contributed by atoms with Crippen LogP contribution >= 0.6 is 0 Å². The van der Waals surface area contributed by atoms with Crippen molar-refractivity contribution in [3.05, 3.63) is 120 Å². The standard InChI is InChI=1S/C28H22N4O3/c29-27(33)20-13-15-21(16-14-20)30-28(34)26-24-11-4-5-12-25(24)32(31-26)18-19-7-6-10-23(17-19)35-22-8-2-1-3-9-22/h1-17H,18H2,(H2,29,33)(H,30,34).